The van der Waals surface area contributed by atoms with Crippen molar-refractivity contribution < 1.29 is 9.52 Å². The Morgan fingerprint density at radius 2 is 2.11 bits per heavy atom. The summed E-state index contributed by atoms with van der Waals surface area (Å²) in [5.74, 6) is 0.0388. The molecular formula is C15H16O3. The van der Waals surface area contributed by atoms with Gasteiger partial charge in [0.25, 0.3) is 0 Å². The second-order valence-electron chi connectivity index (χ2n) is 4.65. The molecule has 0 spiro atoms. The molecule has 1 N–H and O–H groups in total. The summed E-state index contributed by atoms with van der Waals surface area (Å²) >= 11 is 0. The van der Waals surface area contributed by atoms with Crippen molar-refractivity contribution in [3.05, 3.63) is 51.4 Å². The summed E-state index contributed by atoms with van der Waals surface area (Å²) in [7, 11) is 0. The van der Waals surface area contributed by atoms with Gasteiger partial charge in [-0.25, -0.2) is 4.79 Å². The van der Waals surface area contributed by atoms with Crippen molar-refractivity contribution in [2.45, 2.75) is 27.2 Å². The van der Waals surface area contributed by atoms with Gasteiger partial charge in [-0.1, -0.05) is 23.8 Å². The second kappa shape index (κ2) is 4.69. The summed E-state index contributed by atoms with van der Waals surface area (Å²) in [5, 5.41) is 10.9. The van der Waals surface area contributed by atoms with Gasteiger partial charge in [0, 0.05) is 6.42 Å². The third-order valence-electron chi connectivity index (χ3n) is 2.92. The second-order valence-corrected chi connectivity index (χ2v) is 4.65. The Bertz CT molecular complexity index is 674. The molecule has 1 aromatic heterocycles. The van der Waals surface area contributed by atoms with Crippen LogP contribution in [-0.4, -0.2) is 5.11 Å². The van der Waals surface area contributed by atoms with Crippen molar-refractivity contribution in [3.63, 3.8) is 0 Å². The van der Waals surface area contributed by atoms with Crippen LogP contribution in [0.5, 0.6) is 5.75 Å². The molecule has 2 rings (SSSR count). The molecule has 0 saturated heterocycles. The molecular weight excluding hydrogens is 228 g/mol. The minimum atomic E-state index is -0.469. The Balaban J connectivity index is 2.72. The van der Waals surface area contributed by atoms with Crippen LogP contribution in [-0.2, 0) is 6.42 Å². The van der Waals surface area contributed by atoms with Crippen LogP contribution in [0, 0.1) is 6.92 Å². The standard InChI is InChI=1S/C15H16O3/c1-9(2)7-8-11-14(16)13-10(3)5-4-6-12(13)18-15(11)17/h4-7,16H,8H2,1-3H3. The minimum Gasteiger partial charge on any atom is -0.507 e. The molecule has 0 fully saturated rings. The Hall–Kier alpha value is -2.03. The zero-order valence-corrected chi connectivity index (χ0v) is 10.8. The third kappa shape index (κ3) is 2.16. The van der Waals surface area contributed by atoms with E-state index in [1.54, 1.807) is 12.1 Å². The summed E-state index contributed by atoms with van der Waals surface area (Å²) in [4.78, 5) is 11.8. The van der Waals surface area contributed by atoms with E-state index >= 15 is 0 Å². The third-order valence-corrected chi connectivity index (χ3v) is 2.92. The van der Waals surface area contributed by atoms with Crippen molar-refractivity contribution in [2.24, 2.45) is 0 Å². The van der Waals surface area contributed by atoms with Crippen LogP contribution >= 0.6 is 0 Å². The van der Waals surface area contributed by atoms with E-state index in [-0.39, 0.29) is 5.75 Å². The summed E-state index contributed by atoms with van der Waals surface area (Å²) in [6.07, 6.45) is 2.29. The summed E-state index contributed by atoms with van der Waals surface area (Å²) < 4.78 is 5.24. The molecule has 0 saturated carbocycles. The molecule has 1 aromatic carbocycles. The Morgan fingerprint density at radius 1 is 1.39 bits per heavy atom. The smallest absolute Gasteiger partial charge is 0.343 e. The lowest BCUT2D eigenvalue weighted by Crippen LogP contribution is -2.07. The molecule has 94 valence electrons. The maximum absolute atomic E-state index is 11.8. The number of aryl methyl sites for hydroxylation is 1. The van der Waals surface area contributed by atoms with Crippen LogP contribution in [0.1, 0.15) is 25.0 Å². The normalized spacial score (nSPS) is 10.6. The predicted octanol–water partition coefficient (Wildman–Crippen LogP) is 3.32. The zero-order valence-electron chi connectivity index (χ0n) is 10.8. The van der Waals surface area contributed by atoms with Gasteiger partial charge in [0.2, 0.25) is 0 Å². The molecule has 18 heavy (non-hydrogen) atoms. The molecule has 2 aromatic rings. The van der Waals surface area contributed by atoms with Crippen molar-refractivity contribution in [1.29, 1.82) is 0 Å². The first-order valence-corrected chi connectivity index (χ1v) is 5.88. The van der Waals surface area contributed by atoms with E-state index in [4.69, 9.17) is 4.42 Å². The maximum Gasteiger partial charge on any atom is 0.343 e. The highest BCUT2D eigenvalue weighted by Gasteiger charge is 2.14. The van der Waals surface area contributed by atoms with Crippen molar-refractivity contribution >= 4 is 11.0 Å². The number of hydrogen-bond acceptors (Lipinski definition) is 3. The van der Waals surface area contributed by atoms with Crippen LogP contribution in [0.2, 0.25) is 0 Å². The van der Waals surface area contributed by atoms with E-state index in [1.165, 1.54) is 0 Å². The average Bonchev–Trinajstić information content (AvgIpc) is 2.27. The lowest BCUT2D eigenvalue weighted by molar-refractivity contribution is 0.459. The molecule has 0 radical (unpaired) electrons. The largest absolute Gasteiger partial charge is 0.507 e. The highest BCUT2D eigenvalue weighted by molar-refractivity contribution is 5.87. The van der Waals surface area contributed by atoms with Gasteiger partial charge in [-0.2, -0.15) is 0 Å². The average molecular weight is 244 g/mol. The van der Waals surface area contributed by atoms with Gasteiger partial charge in [0.15, 0.2) is 0 Å². The van der Waals surface area contributed by atoms with Crippen molar-refractivity contribution in [2.75, 3.05) is 0 Å². The SMILES string of the molecule is CC(C)=CCc1c(O)c2c(C)cccc2oc1=O. The van der Waals surface area contributed by atoms with Gasteiger partial charge in [0.1, 0.15) is 11.3 Å². The summed E-state index contributed by atoms with van der Waals surface area (Å²) in [6, 6.07) is 5.37. The molecule has 0 atom stereocenters. The molecule has 1 heterocycles. The van der Waals surface area contributed by atoms with Gasteiger partial charge in [-0.05, 0) is 32.4 Å². The van der Waals surface area contributed by atoms with E-state index < -0.39 is 5.63 Å². The highest BCUT2D eigenvalue weighted by atomic mass is 16.4. The Labute approximate surface area is 105 Å². The number of allylic oxidation sites excluding steroid dienone is 2. The van der Waals surface area contributed by atoms with E-state index in [2.05, 4.69) is 0 Å². The van der Waals surface area contributed by atoms with Crippen LogP contribution in [0.25, 0.3) is 11.0 Å². The van der Waals surface area contributed by atoms with Gasteiger partial charge in [-0.3, -0.25) is 0 Å². The van der Waals surface area contributed by atoms with E-state index in [0.29, 0.717) is 23.0 Å². The molecule has 0 aliphatic heterocycles. The molecule has 3 heteroatoms. The fourth-order valence-electron chi connectivity index (χ4n) is 1.92. The number of hydrogen-bond donors (Lipinski definition) is 1. The number of rotatable bonds is 2. The van der Waals surface area contributed by atoms with Gasteiger partial charge in [-0.15, -0.1) is 0 Å². The van der Waals surface area contributed by atoms with Crippen LogP contribution < -0.4 is 5.63 Å². The van der Waals surface area contributed by atoms with Gasteiger partial charge < -0.3 is 9.52 Å². The highest BCUT2D eigenvalue weighted by Crippen LogP contribution is 2.29. The van der Waals surface area contributed by atoms with Crippen LogP contribution in [0.3, 0.4) is 0 Å². The molecule has 0 aliphatic rings. The number of fused-ring (bicyclic) bond motifs is 1. The molecule has 0 unspecified atom stereocenters. The quantitative estimate of drug-likeness (QED) is 0.651. The Morgan fingerprint density at radius 3 is 2.78 bits per heavy atom. The number of aromatic hydroxyl groups is 1. The zero-order chi connectivity index (χ0) is 13.3. The van der Waals surface area contributed by atoms with Crippen molar-refractivity contribution in [1.82, 2.24) is 0 Å². The van der Waals surface area contributed by atoms with E-state index in [1.807, 2.05) is 32.9 Å². The lowest BCUT2D eigenvalue weighted by Gasteiger charge is -2.07. The van der Waals surface area contributed by atoms with Crippen molar-refractivity contribution in [3.8, 4) is 5.75 Å². The first kappa shape index (κ1) is 12.4. The van der Waals surface area contributed by atoms with Gasteiger partial charge >= 0.3 is 5.63 Å². The van der Waals surface area contributed by atoms with E-state index in [9.17, 15) is 9.90 Å². The summed E-state index contributed by atoms with van der Waals surface area (Å²) in [6.45, 7) is 5.78. The monoisotopic (exact) mass is 244 g/mol. The molecule has 0 bridgehead atoms. The van der Waals surface area contributed by atoms with E-state index in [0.717, 1.165) is 11.1 Å². The first-order chi connectivity index (χ1) is 8.50. The fourth-order valence-corrected chi connectivity index (χ4v) is 1.92. The van der Waals surface area contributed by atoms with Crippen LogP contribution in [0.15, 0.2) is 39.1 Å². The Kier molecular flexibility index (Phi) is 3.24. The topological polar surface area (TPSA) is 50.4 Å². The molecule has 0 aliphatic carbocycles. The predicted molar refractivity (Wildman–Crippen MR) is 72.0 cm³/mol. The number of benzene rings is 1. The fraction of sp³-hybridized carbons (Fsp3) is 0.267. The lowest BCUT2D eigenvalue weighted by atomic mass is 10.0. The minimum absolute atomic E-state index is 0.0388. The van der Waals surface area contributed by atoms with Gasteiger partial charge in [0.05, 0.1) is 10.9 Å². The molecule has 0 amide bonds. The summed E-state index contributed by atoms with van der Waals surface area (Å²) in [5.41, 5.74) is 2.27. The molecule has 3 nitrogen and oxygen atoms in total. The maximum atomic E-state index is 11.8. The first-order valence-electron chi connectivity index (χ1n) is 5.88. The van der Waals surface area contributed by atoms with Crippen LogP contribution in [0.4, 0.5) is 0 Å².